The number of nitrogens with one attached hydrogen (secondary N) is 2. The van der Waals surface area contributed by atoms with Crippen LogP contribution in [0.25, 0.3) is 17.2 Å². The number of hydrogen-bond donors (Lipinski definition) is 3. The van der Waals surface area contributed by atoms with E-state index in [0.717, 1.165) is 11.1 Å². The summed E-state index contributed by atoms with van der Waals surface area (Å²) in [5, 5.41) is 2.78. The van der Waals surface area contributed by atoms with E-state index in [-0.39, 0.29) is 11.6 Å². The SMILES string of the molecule is O=C(C=Cc1ccc(NS(=O)(=O)O)cc1)Nc1ccc(-c2ccccc2)cc1. The molecule has 0 unspecified atom stereocenters. The Morgan fingerprint density at radius 1 is 0.786 bits per heavy atom. The van der Waals surface area contributed by atoms with Gasteiger partial charge < -0.3 is 5.32 Å². The van der Waals surface area contributed by atoms with Gasteiger partial charge in [-0.25, -0.2) is 0 Å². The lowest BCUT2D eigenvalue weighted by Gasteiger charge is -2.05. The minimum Gasteiger partial charge on any atom is -0.323 e. The predicted molar refractivity (Wildman–Crippen MR) is 111 cm³/mol. The Labute approximate surface area is 163 Å². The van der Waals surface area contributed by atoms with E-state index in [1.807, 2.05) is 59.3 Å². The fraction of sp³-hybridized carbons (Fsp3) is 0. The first-order valence-corrected chi connectivity index (χ1v) is 9.83. The van der Waals surface area contributed by atoms with Crippen molar-refractivity contribution in [1.29, 1.82) is 0 Å². The van der Waals surface area contributed by atoms with Crippen molar-refractivity contribution in [3.63, 3.8) is 0 Å². The van der Waals surface area contributed by atoms with Gasteiger partial charge >= 0.3 is 10.3 Å². The summed E-state index contributed by atoms with van der Waals surface area (Å²) in [5.41, 5.74) is 3.78. The first-order valence-electron chi connectivity index (χ1n) is 8.39. The van der Waals surface area contributed by atoms with Gasteiger partial charge in [0.05, 0.1) is 5.69 Å². The van der Waals surface area contributed by atoms with E-state index in [1.54, 1.807) is 18.2 Å². The molecule has 3 rings (SSSR count). The van der Waals surface area contributed by atoms with E-state index < -0.39 is 10.3 Å². The number of carbonyl (C=O) groups excluding carboxylic acids is 1. The van der Waals surface area contributed by atoms with Gasteiger partial charge in [0, 0.05) is 11.8 Å². The zero-order valence-electron chi connectivity index (χ0n) is 14.7. The first kappa shape index (κ1) is 19.3. The molecule has 0 aliphatic rings. The van der Waals surface area contributed by atoms with Crippen molar-refractivity contribution < 1.29 is 17.8 Å². The Morgan fingerprint density at radius 2 is 1.36 bits per heavy atom. The molecule has 3 aromatic carbocycles. The molecule has 0 bridgehead atoms. The molecule has 3 N–H and O–H groups in total. The highest BCUT2D eigenvalue weighted by molar-refractivity contribution is 7.87. The van der Waals surface area contributed by atoms with Gasteiger partial charge in [-0.05, 0) is 47.0 Å². The average Bonchev–Trinajstić information content (AvgIpc) is 2.68. The molecule has 142 valence electrons. The number of benzene rings is 3. The minimum absolute atomic E-state index is 0.225. The molecule has 1 amide bonds. The Kier molecular flexibility index (Phi) is 5.88. The Bertz CT molecular complexity index is 1080. The summed E-state index contributed by atoms with van der Waals surface area (Å²) in [7, 11) is -4.30. The number of hydrogen-bond acceptors (Lipinski definition) is 3. The quantitative estimate of drug-likeness (QED) is 0.431. The summed E-state index contributed by atoms with van der Waals surface area (Å²) in [5.74, 6) is -0.285. The molecule has 0 fully saturated rings. The van der Waals surface area contributed by atoms with Crippen LogP contribution in [0.1, 0.15) is 5.56 Å². The van der Waals surface area contributed by atoms with Crippen LogP contribution < -0.4 is 10.0 Å². The molecule has 7 heteroatoms. The van der Waals surface area contributed by atoms with Gasteiger partial charge in [0.25, 0.3) is 0 Å². The molecule has 0 aliphatic heterocycles. The van der Waals surface area contributed by atoms with Crippen molar-refractivity contribution in [2.45, 2.75) is 0 Å². The molecule has 0 aliphatic carbocycles. The third-order valence-electron chi connectivity index (χ3n) is 3.84. The van der Waals surface area contributed by atoms with Gasteiger partial charge in [-0.15, -0.1) is 0 Å². The monoisotopic (exact) mass is 394 g/mol. The van der Waals surface area contributed by atoms with Crippen LogP contribution in [0.5, 0.6) is 0 Å². The molecular weight excluding hydrogens is 376 g/mol. The largest absolute Gasteiger partial charge is 0.357 e. The van der Waals surface area contributed by atoms with Crippen LogP contribution >= 0.6 is 0 Å². The third-order valence-corrected chi connectivity index (χ3v) is 4.34. The van der Waals surface area contributed by atoms with E-state index in [4.69, 9.17) is 4.55 Å². The zero-order chi connectivity index (χ0) is 20.0. The van der Waals surface area contributed by atoms with Gasteiger partial charge in [0.1, 0.15) is 0 Å². The molecule has 0 radical (unpaired) electrons. The standard InChI is InChI=1S/C21H18N2O4S/c24-21(15-8-16-6-11-20(12-7-16)23-28(25,26)27)22-19-13-9-18(10-14-19)17-4-2-1-3-5-17/h1-15,23H,(H,22,24)(H,25,26,27). The average molecular weight is 394 g/mol. The predicted octanol–water partition coefficient (Wildman–Crippen LogP) is 4.22. The maximum atomic E-state index is 12.1. The van der Waals surface area contributed by atoms with Crippen LogP contribution in [-0.4, -0.2) is 18.9 Å². The molecule has 0 saturated carbocycles. The van der Waals surface area contributed by atoms with Crippen molar-refractivity contribution >= 4 is 33.7 Å². The summed E-state index contributed by atoms with van der Waals surface area (Å²) < 4.78 is 32.2. The number of carbonyl (C=O) groups is 1. The Balaban J connectivity index is 1.59. The second kappa shape index (κ2) is 8.51. The molecule has 28 heavy (non-hydrogen) atoms. The van der Waals surface area contributed by atoms with Gasteiger partial charge in [0.2, 0.25) is 5.91 Å². The van der Waals surface area contributed by atoms with Gasteiger partial charge in [-0.3, -0.25) is 14.1 Å². The lowest BCUT2D eigenvalue weighted by molar-refractivity contribution is -0.111. The van der Waals surface area contributed by atoms with Crippen LogP contribution in [0.2, 0.25) is 0 Å². The molecule has 0 atom stereocenters. The number of anilines is 2. The highest BCUT2D eigenvalue weighted by Crippen LogP contribution is 2.21. The minimum atomic E-state index is -4.30. The van der Waals surface area contributed by atoms with Crippen molar-refractivity contribution in [1.82, 2.24) is 0 Å². The van der Waals surface area contributed by atoms with E-state index in [0.29, 0.717) is 11.3 Å². The highest BCUT2D eigenvalue weighted by atomic mass is 32.2. The van der Waals surface area contributed by atoms with E-state index in [9.17, 15) is 13.2 Å². The first-order chi connectivity index (χ1) is 13.4. The van der Waals surface area contributed by atoms with E-state index in [2.05, 4.69) is 5.32 Å². The molecular formula is C21H18N2O4S. The molecule has 6 nitrogen and oxygen atoms in total. The van der Waals surface area contributed by atoms with E-state index in [1.165, 1.54) is 18.2 Å². The van der Waals surface area contributed by atoms with Crippen LogP contribution in [0.4, 0.5) is 11.4 Å². The summed E-state index contributed by atoms with van der Waals surface area (Å²) in [4.78, 5) is 12.1. The second-order valence-corrected chi connectivity index (χ2v) is 7.12. The highest BCUT2D eigenvalue weighted by Gasteiger charge is 2.03. The normalized spacial score (nSPS) is 11.3. The second-order valence-electron chi connectivity index (χ2n) is 5.97. The molecule has 0 spiro atoms. The maximum Gasteiger partial charge on any atom is 0.357 e. The number of amides is 1. The lowest BCUT2D eigenvalue weighted by Crippen LogP contribution is -2.10. The molecule has 3 aromatic rings. The van der Waals surface area contributed by atoms with Gasteiger partial charge in [-0.1, -0.05) is 54.6 Å². The molecule has 0 saturated heterocycles. The van der Waals surface area contributed by atoms with Gasteiger partial charge in [0.15, 0.2) is 0 Å². The van der Waals surface area contributed by atoms with Crippen molar-refractivity contribution in [2.75, 3.05) is 10.0 Å². The summed E-state index contributed by atoms with van der Waals surface area (Å²) in [6.07, 6.45) is 2.99. The van der Waals surface area contributed by atoms with Crippen molar-refractivity contribution in [2.24, 2.45) is 0 Å². The maximum absolute atomic E-state index is 12.1. The molecule has 0 aromatic heterocycles. The third kappa shape index (κ3) is 5.80. The van der Waals surface area contributed by atoms with E-state index >= 15 is 0 Å². The summed E-state index contributed by atoms with van der Waals surface area (Å²) >= 11 is 0. The van der Waals surface area contributed by atoms with Crippen LogP contribution in [0, 0.1) is 0 Å². The Morgan fingerprint density at radius 3 is 1.96 bits per heavy atom. The lowest BCUT2D eigenvalue weighted by atomic mass is 10.1. The van der Waals surface area contributed by atoms with Crippen LogP contribution in [0.15, 0.2) is 84.9 Å². The Hall–Kier alpha value is -3.42. The zero-order valence-corrected chi connectivity index (χ0v) is 15.6. The van der Waals surface area contributed by atoms with Crippen molar-refractivity contribution in [3.05, 3.63) is 90.5 Å². The summed E-state index contributed by atoms with van der Waals surface area (Å²) in [6, 6.07) is 23.7. The van der Waals surface area contributed by atoms with Gasteiger partial charge in [-0.2, -0.15) is 8.42 Å². The number of rotatable bonds is 6. The van der Waals surface area contributed by atoms with Crippen molar-refractivity contribution in [3.8, 4) is 11.1 Å². The smallest absolute Gasteiger partial charge is 0.323 e. The topological polar surface area (TPSA) is 95.5 Å². The van der Waals surface area contributed by atoms with Crippen LogP contribution in [0.3, 0.4) is 0 Å². The fourth-order valence-electron chi connectivity index (χ4n) is 2.54. The molecule has 0 heterocycles. The summed E-state index contributed by atoms with van der Waals surface area (Å²) in [6.45, 7) is 0. The van der Waals surface area contributed by atoms with Crippen LogP contribution in [-0.2, 0) is 15.1 Å². The fourth-order valence-corrected chi connectivity index (χ4v) is 2.98.